The van der Waals surface area contributed by atoms with Gasteiger partial charge in [-0.05, 0) is 30.0 Å². The van der Waals surface area contributed by atoms with Crippen molar-refractivity contribution in [2.45, 2.75) is 51.2 Å². The van der Waals surface area contributed by atoms with Gasteiger partial charge in [-0.25, -0.2) is 0 Å². The summed E-state index contributed by atoms with van der Waals surface area (Å²) in [4.78, 5) is 2.68. The standard InChI is InChI=1S/C14H18BrN/c15-14-8-4-5-11-9-16(10-13(11)14)12-6-2-1-3-7-12/h4-5,8,12H,1-3,6-7,9-10H2. The van der Waals surface area contributed by atoms with Gasteiger partial charge in [-0.15, -0.1) is 0 Å². The summed E-state index contributed by atoms with van der Waals surface area (Å²) in [5, 5.41) is 0. The van der Waals surface area contributed by atoms with Crippen molar-refractivity contribution < 1.29 is 0 Å². The maximum absolute atomic E-state index is 3.67. The summed E-state index contributed by atoms with van der Waals surface area (Å²) in [6.45, 7) is 2.32. The lowest BCUT2D eigenvalue weighted by Gasteiger charge is -2.30. The van der Waals surface area contributed by atoms with Crippen LogP contribution in [0.4, 0.5) is 0 Å². The fourth-order valence-corrected chi connectivity index (χ4v) is 3.64. The third kappa shape index (κ3) is 1.93. The highest BCUT2D eigenvalue weighted by molar-refractivity contribution is 9.10. The van der Waals surface area contributed by atoms with E-state index in [4.69, 9.17) is 0 Å². The van der Waals surface area contributed by atoms with Crippen LogP contribution in [0.25, 0.3) is 0 Å². The first-order valence-corrected chi connectivity index (χ1v) is 7.14. The second kappa shape index (κ2) is 4.50. The fraction of sp³-hybridized carbons (Fsp3) is 0.571. The number of halogens is 1. The van der Waals surface area contributed by atoms with E-state index in [0.717, 1.165) is 12.6 Å². The molecule has 0 radical (unpaired) electrons. The molecule has 3 rings (SSSR count). The highest BCUT2D eigenvalue weighted by Gasteiger charge is 2.27. The Kier molecular flexibility index (Phi) is 3.03. The minimum absolute atomic E-state index is 0.841. The molecule has 1 aromatic carbocycles. The fourth-order valence-electron chi connectivity index (χ4n) is 3.11. The minimum atomic E-state index is 0.841. The predicted molar refractivity (Wildman–Crippen MR) is 70.3 cm³/mol. The highest BCUT2D eigenvalue weighted by Crippen LogP contribution is 2.34. The van der Waals surface area contributed by atoms with Crippen LogP contribution >= 0.6 is 15.9 Å². The van der Waals surface area contributed by atoms with E-state index < -0.39 is 0 Å². The van der Waals surface area contributed by atoms with Crippen LogP contribution < -0.4 is 0 Å². The van der Waals surface area contributed by atoms with E-state index in [2.05, 4.69) is 39.0 Å². The van der Waals surface area contributed by atoms with E-state index in [0.29, 0.717) is 0 Å². The maximum Gasteiger partial charge on any atom is 0.0254 e. The van der Waals surface area contributed by atoms with E-state index in [1.165, 1.54) is 54.2 Å². The Morgan fingerprint density at radius 3 is 2.62 bits per heavy atom. The summed E-state index contributed by atoms with van der Waals surface area (Å²) < 4.78 is 1.29. The molecule has 0 spiro atoms. The molecule has 1 nitrogen and oxygen atoms in total. The average Bonchev–Trinajstić information content (AvgIpc) is 2.76. The average molecular weight is 280 g/mol. The topological polar surface area (TPSA) is 3.24 Å². The van der Waals surface area contributed by atoms with Gasteiger partial charge in [-0.2, -0.15) is 0 Å². The van der Waals surface area contributed by atoms with Crippen LogP contribution in [0.3, 0.4) is 0 Å². The monoisotopic (exact) mass is 279 g/mol. The molecule has 86 valence electrons. The Hall–Kier alpha value is -0.340. The van der Waals surface area contributed by atoms with Gasteiger partial charge in [0, 0.05) is 23.6 Å². The smallest absolute Gasteiger partial charge is 0.0254 e. The zero-order valence-corrected chi connectivity index (χ0v) is 11.2. The Labute approximate surface area is 106 Å². The van der Waals surface area contributed by atoms with Gasteiger partial charge in [-0.3, -0.25) is 4.90 Å². The molecule has 1 aromatic rings. The van der Waals surface area contributed by atoms with Crippen LogP contribution in [0, 0.1) is 0 Å². The van der Waals surface area contributed by atoms with Crippen LogP contribution in [-0.4, -0.2) is 10.9 Å². The van der Waals surface area contributed by atoms with Gasteiger partial charge in [0.15, 0.2) is 0 Å². The molecule has 0 N–H and O–H groups in total. The Morgan fingerprint density at radius 1 is 1.06 bits per heavy atom. The molecule has 0 aromatic heterocycles. The van der Waals surface area contributed by atoms with Crippen LogP contribution in [-0.2, 0) is 13.1 Å². The SMILES string of the molecule is Brc1cccc2c1CN(C1CCCCC1)C2. The summed E-state index contributed by atoms with van der Waals surface area (Å²) in [6, 6.07) is 7.45. The number of hydrogen-bond donors (Lipinski definition) is 0. The van der Waals surface area contributed by atoms with E-state index in [9.17, 15) is 0 Å². The van der Waals surface area contributed by atoms with Gasteiger partial charge in [0.05, 0.1) is 0 Å². The van der Waals surface area contributed by atoms with E-state index in [-0.39, 0.29) is 0 Å². The Balaban J connectivity index is 1.77. The van der Waals surface area contributed by atoms with Crippen molar-refractivity contribution in [1.82, 2.24) is 4.90 Å². The number of rotatable bonds is 1. The Bertz CT molecular complexity index is 382. The Morgan fingerprint density at radius 2 is 1.88 bits per heavy atom. The second-order valence-electron chi connectivity index (χ2n) is 5.07. The zero-order chi connectivity index (χ0) is 11.0. The lowest BCUT2D eigenvalue weighted by molar-refractivity contribution is 0.156. The molecule has 2 aliphatic rings. The molecule has 0 bridgehead atoms. The first-order valence-electron chi connectivity index (χ1n) is 6.35. The molecule has 0 unspecified atom stereocenters. The number of hydrogen-bond acceptors (Lipinski definition) is 1. The number of nitrogens with zero attached hydrogens (tertiary/aromatic N) is 1. The van der Waals surface area contributed by atoms with Crippen molar-refractivity contribution >= 4 is 15.9 Å². The van der Waals surface area contributed by atoms with Gasteiger partial charge in [-0.1, -0.05) is 47.3 Å². The summed E-state index contributed by atoms with van der Waals surface area (Å²) in [6.07, 6.45) is 7.12. The molecule has 16 heavy (non-hydrogen) atoms. The molecule has 1 saturated carbocycles. The normalized spacial score (nSPS) is 22.3. The molecule has 2 heteroatoms. The summed E-state index contributed by atoms with van der Waals surface area (Å²) in [5.41, 5.74) is 3.05. The van der Waals surface area contributed by atoms with Crippen molar-refractivity contribution in [3.8, 4) is 0 Å². The lowest BCUT2D eigenvalue weighted by Crippen LogP contribution is -2.32. The van der Waals surface area contributed by atoms with E-state index in [1.54, 1.807) is 0 Å². The molecule has 0 saturated heterocycles. The third-order valence-corrected chi connectivity index (χ3v) is 4.78. The largest absolute Gasteiger partial charge is 0.292 e. The van der Waals surface area contributed by atoms with Crippen LogP contribution in [0.1, 0.15) is 43.2 Å². The minimum Gasteiger partial charge on any atom is -0.292 e. The predicted octanol–water partition coefficient (Wildman–Crippen LogP) is 4.10. The zero-order valence-electron chi connectivity index (χ0n) is 9.58. The molecule has 1 fully saturated rings. The number of fused-ring (bicyclic) bond motifs is 1. The van der Waals surface area contributed by atoms with Crippen LogP contribution in [0.5, 0.6) is 0 Å². The quantitative estimate of drug-likeness (QED) is 0.748. The van der Waals surface area contributed by atoms with Crippen molar-refractivity contribution in [3.05, 3.63) is 33.8 Å². The number of benzene rings is 1. The van der Waals surface area contributed by atoms with Crippen molar-refractivity contribution in [1.29, 1.82) is 0 Å². The van der Waals surface area contributed by atoms with Gasteiger partial charge in [0.1, 0.15) is 0 Å². The molecule has 1 heterocycles. The summed E-state index contributed by atoms with van der Waals surface area (Å²) in [7, 11) is 0. The van der Waals surface area contributed by atoms with Crippen molar-refractivity contribution in [3.63, 3.8) is 0 Å². The molecule has 0 atom stereocenters. The van der Waals surface area contributed by atoms with Crippen molar-refractivity contribution in [2.75, 3.05) is 0 Å². The van der Waals surface area contributed by atoms with Gasteiger partial charge in [0.2, 0.25) is 0 Å². The van der Waals surface area contributed by atoms with Gasteiger partial charge in [0.25, 0.3) is 0 Å². The van der Waals surface area contributed by atoms with Crippen molar-refractivity contribution in [2.24, 2.45) is 0 Å². The molecule has 0 amide bonds. The summed E-state index contributed by atoms with van der Waals surface area (Å²) >= 11 is 3.67. The summed E-state index contributed by atoms with van der Waals surface area (Å²) in [5.74, 6) is 0. The van der Waals surface area contributed by atoms with E-state index >= 15 is 0 Å². The van der Waals surface area contributed by atoms with Crippen LogP contribution in [0.2, 0.25) is 0 Å². The first kappa shape index (κ1) is 10.8. The highest BCUT2D eigenvalue weighted by atomic mass is 79.9. The van der Waals surface area contributed by atoms with Gasteiger partial charge < -0.3 is 0 Å². The first-order chi connectivity index (χ1) is 7.84. The van der Waals surface area contributed by atoms with Gasteiger partial charge >= 0.3 is 0 Å². The lowest BCUT2D eigenvalue weighted by atomic mass is 9.94. The maximum atomic E-state index is 3.67. The van der Waals surface area contributed by atoms with Crippen LogP contribution in [0.15, 0.2) is 22.7 Å². The molecular formula is C14H18BrN. The molecule has 1 aliphatic heterocycles. The molecule has 1 aliphatic carbocycles. The second-order valence-corrected chi connectivity index (χ2v) is 5.93. The third-order valence-electron chi connectivity index (χ3n) is 4.04. The van der Waals surface area contributed by atoms with E-state index in [1.807, 2.05) is 0 Å². The molecular weight excluding hydrogens is 262 g/mol.